The Kier molecular flexibility index (Phi) is 5.93. The van der Waals surface area contributed by atoms with E-state index in [0.717, 1.165) is 56.0 Å². The van der Waals surface area contributed by atoms with E-state index in [1.165, 1.54) is 5.69 Å². The van der Waals surface area contributed by atoms with Gasteiger partial charge < -0.3 is 19.7 Å². The zero-order valence-corrected chi connectivity index (χ0v) is 17.3. The third-order valence-corrected chi connectivity index (χ3v) is 5.51. The molecule has 5 heteroatoms. The summed E-state index contributed by atoms with van der Waals surface area (Å²) in [5.41, 5.74) is 2.30. The summed E-state index contributed by atoms with van der Waals surface area (Å²) in [4.78, 5) is 14.2. The van der Waals surface area contributed by atoms with E-state index in [1.54, 1.807) is 0 Å². The number of nitrogens with one attached hydrogen (secondary N) is 1. The summed E-state index contributed by atoms with van der Waals surface area (Å²) >= 11 is 0. The molecule has 154 valence electrons. The molecule has 1 aliphatic heterocycles. The molecule has 1 saturated carbocycles. The van der Waals surface area contributed by atoms with Gasteiger partial charge in [-0.3, -0.25) is 4.79 Å². The van der Waals surface area contributed by atoms with Crippen molar-refractivity contribution in [1.29, 1.82) is 0 Å². The second kappa shape index (κ2) is 8.76. The van der Waals surface area contributed by atoms with Gasteiger partial charge in [-0.1, -0.05) is 19.1 Å². The minimum Gasteiger partial charge on any atom is -0.494 e. The smallest absolute Gasteiger partial charge is 0.223 e. The molecular formula is C24H30N2O3. The first-order chi connectivity index (χ1) is 14.1. The van der Waals surface area contributed by atoms with Gasteiger partial charge in [-0.25, -0.2) is 0 Å². The van der Waals surface area contributed by atoms with Crippen LogP contribution in [0.1, 0.15) is 44.7 Å². The third kappa shape index (κ3) is 5.03. The van der Waals surface area contributed by atoms with Crippen molar-refractivity contribution in [3.05, 3.63) is 54.1 Å². The molecule has 4 rings (SSSR count). The van der Waals surface area contributed by atoms with E-state index >= 15 is 0 Å². The van der Waals surface area contributed by atoms with Crippen LogP contribution in [-0.2, 0) is 4.79 Å². The molecule has 0 bridgehead atoms. The minimum absolute atomic E-state index is 0.0284. The van der Waals surface area contributed by atoms with Crippen molar-refractivity contribution in [3.63, 3.8) is 0 Å². The van der Waals surface area contributed by atoms with Crippen LogP contribution in [0.4, 0.5) is 5.69 Å². The van der Waals surface area contributed by atoms with Gasteiger partial charge in [0, 0.05) is 11.6 Å². The van der Waals surface area contributed by atoms with Crippen molar-refractivity contribution in [2.75, 3.05) is 24.6 Å². The summed E-state index contributed by atoms with van der Waals surface area (Å²) in [5, 5.41) is 3.08. The van der Waals surface area contributed by atoms with Crippen LogP contribution in [-0.4, -0.2) is 31.7 Å². The molecule has 1 amide bonds. The Balaban J connectivity index is 1.23. The number of amides is 1. The van der Waals surface area contributed by atoms with Gasteiger partial charge in [0.2, 0.25) is 5.91 Å². The van der Waals surface area contributed by atoms with Crippen molar-refractivity contribution in [3.8, 4) is 11.5 Å². The Labute approximate surface area is 173 Å². The van der Waals surface area contributed by atoms with Crippen molar-refractivity contribution in [2.24, 2.45) is 5.92 Å². The highest BCUT2D eigenvalue weighted by atomic mass is 16.5. The highest BCUT2D eigenvalue weighted by Gasteiger charge is 2.31. The molecule has 29 heavy (non-hydrogen) atoms. The van der Waals surface area contributed by atoms with Crippen molar-refractivity contribution < 1.29 is 14.3 Å². The summed E-state index contributed by atoms with van der Waals surface area (Å²) in [6, 6.07) is 16.4. The molecule has 1 heterocycles. The molecule has 5 nitrogen and oxygen atoms in total. The highest BCUT2D eigenvalue weighted by Crippen LogP contribution is 2.30. The average Bonchev–Trinajstić information content (AvgIpc) is 3.55. The van der Waals surface area contributed by atoms with E-state index in [1.807, 2.05) is 43.3 Å². The summed E-state index contributed by atoms with van der Waals surface area (Å²) < 4.78 is 11.7. The number of nitrogens with zero attached hydrogens (tertiary/aromatic N) is 1. The summed E-state index contributed by atoms with van der Waals surface area (Å²) in [6.45, 7) is 6.65. The first-order valence-electron chi connectivity index (χ1n) is 10.7. The fraction of sp³-hybridized carbons (Fsp3) is 0.458. The molecule has 1 saturated heterocycles. The summed E-state index contributed by atoms with van der Waals surface area (Å²) in [5.74, 6) is 2.22. The van der Waals surface area contributed by atoms with Gasteiger partial charge in [-0.2, -0.15) is 0 Å². The topological polar surface area (TPSA) is 50.8 Å². The van der Waals surface area contributed by atoms with Gasteiger partial charge in [0.1, 0.15) is 17.6 Å². The standard InChI is InChI=1S/C24H30N2O3/c1-3-14-28-21-12-8-20(9-13-21)26-15-23(16-26)29-22-10-6-18(7-11-22)17(2)25-24(27)19-4-5-19/h6-13,17,19,23H,3-5,14-16H2,1-2H3,(H,25,27)/t17-/m0/s1. The van der Waals surface area contributed by atoms with Gasteiger partial charge >= 0.3 is 0 Å². The van der Waals surface area contributed by atoms with E-state index in [-0.39, 0.29) is 24.0 Å². The third-order valence-electron chi connectivity index (χ3n) is 5.51. The molecule has 0 spiro atoms. The predicted molar refractivity (Wildman–Crippen MR) is 115 cm³/mol. The first-order valence-corrected chi connectivity index (χ1v) is 10.7. The molecule has 0 radical (unpaired) electrons. The van der Waals surface area contributed by atoms with Crippen LogP contribution < -0.4 is 19.7 Å². The van der Waals surface area contributed by atoms with E-state index in [9.17, 15) is 4.79 Å². The quantitative estimate of drug-likeness (QED) is 0.688. The molecular weight excluding hydrogens is 364 g/mol. The molecule has 2 aromatic rings. The zero-order valence-electron chi connectivity index (χ0n) is 17.3. The van der Waals surface area contributed by atoms with Crippen molar-refractivity contribution in [1.82, 2.24) is 5.32 Å². The lowest BCUT2D eigenvalue weighted by Crippen LogP contribution is -2.54. The van der Waals surface area contributed by atoms with Crippen molar-refractivity contribution in [2.45, 2.75) is 45.3 Å². The Hall–Kier alpha value is -2.69. The van der Waals surface area contributed by atoms with E-state index in [0.29, 0.717) is 0 Å². The number of hydrogen-bond donors (Lipinski definition) is 1. The molecule has 1 aliphatic carbocycles. The van der Waals surface area contributed by atoms with Crippen LogP contribution in [0.5, 0.6) is 11.5 Å². The number of rotatable bonds is 9. The van der Waals surface area contributed by atoms with Crippen LogP contribution in [0.2, 0.25) is 0 Å². The second-order valence-electron chi connectivity index (χ2n) is 8.06. The van der Waals surface area contributed by atoms with E-state index in [2.05, 4.69) is 29.3 Å². The van der Waals surface area contributed by atoms with Gasteiger partial charge in [0.15, 0.2) is 0 Å². The highest BCUT2D eigenvalue weighted by molar-refractivity contribution is 5.81. The number of benzene rings is 2. The molecule has 1 atom stereocenters. The normalized spacial score (nSPS) is 17.4. The van der Waals surface area contributed by atoms with E-state index < -0.39 is 0 Å². The minimum atomic E-state index is 0.0284. The number of ether oxygens (including phenoxy) is 2. The predicted octanol–water partition coefficient (Wildman–Crippen LogP) is 4.33. The van der Waals surface area contributed by atoms with Gasteiger partial charge in [-0.05, 0) is 68.1 Å². The lowest BCUT2D eigenvalue weighted by atomic mass is 10.1. The molecule has 2 aliphatic rings. The number of carbonyl (C=O) groups is 1. The zero-order chi connectivity index (χ0) is 20.2. The number of anilines is 1. The van der Waals surface area contributed by atoms with Crippen LogP contribution in [0, 0.1) is 5.92 Å². The van der Waals surface area contributed by atoms with Gasteiger partial charge in [-0.15, -0.1) is 0 Å². The van der Waals surface area contributed by atoms with Crippen LogP contribution in [0.3, 0.4) is 0 Å². The lowest BCUT2D eigenvalue weighted by Gasteiger charge is -2.40. The van der Waals surface area contributed by atoms with Crippen LogP contribution in [0.25, 0.3) is 0 Å². The lowest BCUT2D eigenvalue weighted by molar-refractivity contribution is -0.122. The maximum absolute atomic E-state index is 11.9. The average molecular weight is 395 g/mol. The molecule has 0 aromatic heterocycles. The number of carbonyl (C=O) groups excluding carboxylic acids is 1. The monoisotopic (exact) mass is 394 g/mol. The van der Waals surface area contributed by atoms with Crippen LogP contribution >= 0.6 is 0 Å². The van der Waals surface area contributed by atoms with Crippen molar-refractivity contribution >= 4 is 11.6 Å². The van der Waals surface area contributed by atoms with Crippen LogP contribution in [0.15, 0.2) is 48.5 Å². The maximum Gasteiger partial charge on any atom is 0.223 e. The Morgan fingerprint density at radius 1 is 1.07 bits per heavy atom. The van der Waals surface area contributed by atoms with Gasteiger partial charge in [0.05, 0.1) is 25.7 Å². The molecule has 1 N–H and O–H groups in total. The Morgan fingerprint density at radius 3 is 2.34 bits per heavy atom. The summed E-state index contributed by atoms with van der Waals surface area (Å²) in [7, 11) is 0. The molecule has 0 unspecified atom stereocenters. The Morgan fingerprint density at radius 2 is 1.72 bits per heavy atom. The largest absolute Gasteiger partial charge is 0.494 e. The summed E-state index contributed by atoms with van der Waals surface area (Å²) in [6.07, 6.45) is 3.27. The number of hydrogen-bond acceptors (Lipinski definition) is 4. The fourth-order valence-electron chi connectivity index (χ4n) is 3.48. The fourth-order valence-corrected chi connectivity index (χ4v) is 3.48. The van der Waals surface area contributed by atoms with E-state index in [4.69, 9.17) is 9.47 Å². The maximum atomic E-state index is 11.9. The second-order valence-corrected chi connectivity index (χ2v) is 8.06. The first kappa shape index (κ1) is 19.6. The molecule has 2 fully saturated rings. The molecule has 2 aromatic carbocycles. The van der Waals surface area contributed by atoms with Gasteiger partial charge in [0.25, 0.3) is 0 Å². The Bertz CT molecular complexity index is 809. The SMILES string of the molecule is CCCOc1ccc(N2CC(Oc3ccc([C@H](C)NC(=O)C4CC4)cc3)C2)cc1.